The third kappa shape index (κ3) is 2.68. The molecule has 7 nitrogen and oxygen atoms in total. The SMILES string of the molecule is [NH]c1ccc2c(S(N)(=O)=O)cc(S(N)(=O)=O)cc2c1. The van der Waals surface area contributed by atoms with Crippen LogP contribution in [-0.4, -0.2) is 16.8 Å². The van der Waals surface area contributed by atoms with E-state index in [1.54, 1.807) is 0 Å². The van der Waals surface area contributed by atoms with Gasteiger partial charge in [-0.3, -0.25) is 0 Å². The average molecular weight is 300 g/mol. The lowest BCUT2D eigenvalue weighted by molar-refractivity contribution is 0.596. The molecule has 0 unspecified atom stereocenters. The van der Waals surface area contributed by atoms with Crippen LogP contribution in [-0.2, 0) is 20.0 Å². The Labute approximate surface area is 110 Å². The second-order valence-corrected chi connectivity index (χ2v) is 7.04. The second kappa shape index (κ2) is 4.17. The van der Waals surface area contributed by atoms with Gasteiger partial charge in [0.1, 0.15) is 0 Å². The summed E-state index contributed by atoms with van der Waals surface area (Å²) in [5, 5.41) is 10.6. The molecule has 9 heteroatoms. The van der Waals surface area contributed by atoms with Crippen LogP contribution < -0.4 is 16.0 Å². The molecule has 101 valence electrons. The van der Waals surface area contributed by atoms with Crippen LogP contribution in [0.3, 0.4) is 0 Å². The van der Waals surface area contributed by atoms with Gasteiger partial charge in [0.2, 0.25) is 20.0 Å². The van der Waals surface area contributed by atoms with Crippen LogP contribution in [0.15, 0.2) is 40.1 Å². The fraction of sp³-hybridized carbons (Fsp3) is 0. The van der Waals surface area contributed by atoms with Crippen molar-refractivity contribution in [3.63, 3.8) is 0 Å². The lowest BCUT2D eigenvalue weighted by atomic mass is 10.1. The first kappa shape index (κ1) is 13.7. The predicted molar refractivity (Wildman–Crippen MR) is 69.5 cm³/mol. The van der Waals surface area contributed by atoms with E-state index in [2.05, 4.69) is 0 Å². The fourth-order valence-corrected chi connectivity index (χ4v) is 3.14. The van der Waals surface area contributed by atoms with E-state index in [1.807, 2.05) is 0 Å². The van der Waals surface area contributed by atoms with Gasteiger partial charge in [0.05, 0.1) is 15.5 Å². The average Bonchev–Trinajstić information content (AvgIpc) is 2.24. The minimum Gasteiger partial charge on any atom is -0.301 e. The van der Waals surface area contributed by atoms with Crippen molar-refractivity contribution in [1.82, 2.24) is 5.73 Å². The molecule has 0 aliphatic carbocycles. The number of rotatable bonds is 2. The highest BCUT2D eigenvalue weighted by atomic mass is 32.2. The Morgan fingerprint density at radius 3 is 2.05 bits per heavy atom. The Hall–Kier alpha value is -1.68. The normalized spacial score (nSPS) is 12.7. The van der Waals surface area contributed by atoms with Crippen LogP contribution in [0.4, 0.5) is 5.69 Å². The Morgan fingerprint density at radius 2 is 1.53 bits per heavy atom. The molecule has 0 heterocycles. The molecule has 0 saturated heterocycles. The monoisotopic (exact) mass is 300 g/mol. The molecule has 0 aliphatic heterocycles. The minimum absolute atomic E-state index is 0.111. The third-order valence-corrected chi connectivity index (χ3v) is 4.37. The maximum atomic E-state index is 11.5. The van der Waals surface area contributed by atoms with Crippen LogP contribution in [0, 0.1) is 0 Å². The lowest BCUT2D eigenvalue weighted by Crippen LogP contribution is -2.16. The van der Waals surface area contributed by atoms with E-state index in [4.69, 9.17) is 16.0 Å². The summed E-state index contributed by atoms with van der Waals surface area (Å²) in [5.74, 6) is 0. The zero-order valence-corrected chi connectivity index (χ0v) is 11.1. The van der Waals surface area contributed by atoms with Gasteiger partial charge in [0, 0.05) is 5.39 Å². The molecule has 2 aromatic rings. The predicted octanol–water partition coefficient (Wildman–Crippen LogP) is 0.0490. The number of hydrogen-bond acceptors (Lipinski definition) is 4. The van der Waals surface area contributed by atoms with Gasteiger partial charge in [-0.25, -0.2) is 27.1 Å². The van der Waals surface area contributed by atoms with E-state index in [1.165, 1.54) is 24.3 Å². The Kier molecular flexibility index (Phi) is 3.01. The first-order chi connectivity index (χ1) is 8.59. The van der Waals surface area contributed by atoms with Crippen LogP contribution in [0.2, 0.25) is 0 Å². The van der Waals surface area contributed by atoms with Crippen molar-refractivity contribution < 1.29 is 16.8 Å². The Balaban J connectivity index is 3.01. The zero-order valence-electron chi connectivity index (χ0n) is 9.49. The summed E-state index contributed by atoms with van der Waals surface area (Å²) in [6, 6.07) is 6.23. The number of sulfonamides is 2. The summed E-state index contributed by atoms with van der Waals surface area (Å²) < 4.78 is 45.7. The van der Waals surface area contributed by atoms with E-state index in [0.29, 0.717) is 0 Å². The van der Waals surface area contributed by atoms with Gasteiger partial charge in [-0.05, 0) is 29.7 Å². The molecule has 0 bridgehead atoms. The van der Waals surface area contributed by atoms with Crippen molar-refractivity contribution in [1.29, 1.82) is 0 Å². The molecule has 0 atom stereocenters. The highest BCUT2D eigenvalue weighted by Crippen LogP contribution is 2.27. The molecule has 0 aromatic heterocycles. The van der Waals surface area contributed by atoms with E-state index in [-0.39, 0.29) is 26.3 Å². The first-order valence-corrected chi connectivity index (χ1v) is 8.03. The highest BCUT2D eigenvalue weighted by molar-refractivity contribution is 7.90. The molecular formula is C10H10N3O4S2. The summed E-state index contributed by atoms with van der Waals surface area (Å²) in [6.45, 7) is 0. The molecule has 5 N–H and O–H groups in total. The van der Waals surface area contributed by atoms with Gasteiger partial charge in [0.25, 0.3) is 0 Å². The first-order valence-electron chi connectivity index (χ1n) is 4.94. The van der Waals surface area contributed by atoms with E-state index >= 15 is 0 Å². The van der Waals surface area contributed by atoms with Gasteiger partial charge >= 0.3 is 0 Å². The van der Waals surface area contributed by atoms with Crippen LogP contribution in [0.5, 0.6) is 0 Å². The molecule has 2 rings (SSSR count). The maximum absolute atomic E-state index is 11.5. The summed E-state index contributed by atoms with van der Waals surface area (Å²) in [4.78, 5) is -0.705. The van der Waals surface area contributed by atoms with Gasteiger partial charge < -0.3 is 5.73 Å². The lowest BCUT2D eigenvalue weighted by Gasteiger charge is -2.08. The standard InChI is InChI=1S/C10H10N3O4S2/c11-7-1-2-9-6(3-7)4-8(18(12,14)15)5-10(9)19(13,16)17/h1-5,11H,(H2,12,14,15)(H2,13,16,17). The van der Waals surface area contributed by atoms with Crippen molar-refractivity contribution in [2.24, 2.45) is 10.3 Å². The van der Waals surface area contributed by atoms with E-state index in [9.17, 15) is 16.8 Å². The van der Waals surface area contributed by atoms with Crippen molar-refractivity contribution in [3.8, 4) is 0 Å². The molecule has 0 spiro atoms. The van der Waals surface area contributed by atoms with Crippen molar-refractivity contribution in [2.75, 3.05) is 0 Å². The van der Waals surface area contributed by atoms with Crippen molar-refractivity contribution in [3.05, 3.63) is 30.3 Å². The zero-order chi connectivity index (χ0) is 14.4. The molecule has 0 fully saturated rings. The number of nitrogens with two attached hydrogens (primary N) is 2. The summed E-state index contributed by atoms with van der Waals surface area (Å²) in [7, 11) is -8.18. The number of fused-ring (bicyclic) bond motifs is 1. The Morgan fingerprint density at radius 1 is 0.895 bits per heavy atom. The topological polar surface area (TPSA) is 144 Å². The van der Waals surface area contributed by atoms with Gasteiger partial charge in [-0.2, -0.15) is 0 Å². The Bertz CT molecular complexity index is 873. The minimum atomic E-state index is -4.11. The van der Waals surface area contributed by atoms with Crippen molar-refractivity contribution >= 4 is 36.5 Å². The van der Waals surface area contributed by atoms with E-state index in [0.717, 1.165) is 6.07 Å². The fourth-order valence-electron chi connectivity index (χ4n) is 1.71. The highest BCUT2D eigenvalue weighted by Gasteiger charge is 2.18. The summed E-state index contributed by atoms with van der Waals surface area (Å²) >= 11 is 0. The quantitative estimate of drug-likeness (QED) is 0.807. The third-order valence-electron chi connectivity index (χ3n) is 2.52. The van der Waals surface area contributed by atoms with Crippen LogP contribution in [0.1, 0.15) is 0 Å². The molecular weight excluding hydrogens is 290 g/mol. The maximum Gasteiger partial charge on any atom is 0.238 e. The molecule has 0 aliphatic rings. The molecule has 0 amide bonds. The summed E-state index contributed by atoms with van der Waals surface area (Å²) in [5.41, 5.74) is 7.58. The van der Waals surface area contributed by atoms with Gasteiger partial charge in [-0.1, -0.05) is 6.07 Å². The number of primary sulfonamides is 2. The molecule has 0 saturated carbocycles. The molecule has 19 heavy (non-hydrogen) atoms. The summed E-state index contributed by atoms with van der Waals surface area (Å²) in [6.07, 6.45) is 0. The second-order valence-electron chi connectivity index (χ2n) is 3.95. The number of hydrogen-bond donors (Lipinski definition) is 2. The van der Waals surface area contributed by atoms with Gasteiger partial charge in [0.15, 0.2) is 0 Å². The van der Waals surface area contributed by atoms with Crippen LogP contribution >= 0.6 is 0 Å². The van der Waals surface area contributed by atoms with E-state index < -0.39 is 20.0 Å². The smallest absolute Gasteiger partial charge is 0.238 e. The van der Waals surface area contributed by atoms with Gasteiger partial charge in [-0.15, -0.1) is 0 Å². The largest absolute Gasteiger partial charge is 0.301 e. The molecule has 1 radical (unpaired) electrons. The molecule has 2 aromatic carbocycles. The number of benzene rings is 2. The number of nitrogens with one attached hydrogen (secondary N) is 1. The van der Waals surface area contributed by atoms with Crippen molar-refractivity contribution in [2.45, 2.75) is 9.79 Å². The van der Waals surface area contributed by atoms with Crippen LogP contribution in [0.25, 0.3) is 10.8 Å².